The molecule has 2 nitrogen and oxygen atoms in total. The zero-order valence-corrected chi connectivity index (χ0v) is 14.8. The molecule has 0 bridgehead atoms. The van der Waals surface area contributed by atoms with Gasteiger partial charge in [-0.25, -0.2) is 0 Å². The quantitative estimate of drug-likeness (QED) is 0.721. The number of fused-ring (bicyclic) bond motifs is 1. The van der Waals surface area contributed by atoms with Gasteiger partial charge in [0, 0.05) is 10.6 Å². The minimum Gasteiger partial charge on any atom is -0.493 e. The molecule has 24 heavy (non-hydrogen) atoms. The van der Waals surface area contributed by atoms with Gasteiger partial charge in [0.05, 0.1) is 12.5 Å². The van der Waals surface area contributed by atoms with E-state index < -0.39 is 0 Å². The summed E-state index contributed by atoms with van der Waals surface area (Å²) in [6.07, 6.45) is 3.49. The van der Waals surface area contributed by atoms with Gasteiger partial charge >= 0.3 is 0 Å². The van der Waals surface area contributed by atoms with Crippen molar-refractivity contribution in [3.8, 4) is 5.75 Å². The van der Waals surface area contributed by atoms with Gasteiger partial charge < -0.3 is 4.74 Å². The van der Waals surface area contributed by atoms with Crippen LogP contribution in [-0.4, -0.2) is 12.4 Å². The summed E-state index contributed by atoms with van der Waals surface area (Å²) in [6, 6.07) is 13.7. The van der Waals surface area contributed by atoms with Crippen molar-refractivity contribution in [2.24, 2.45) is 5.92 Å². The van der Waals surface area contributed by atoms with E-state index in [1.807, 2.05) is 49.4 Å². The van der Waals surface area contributed by atoms with Crippen LogP contribution in [0.1, 0.15) is 30.5 Å². The average molecular weight is 341 g/mol. The van der Waals surface area contributed by atoms with E-state index in [2.05, 4.69) is 13.0 Å². The van der Waals surface area contributed by atoms with Crippen LogP contribution in [0.2, 0.25) is 5.02 Å². The smallest absolute Gasteiger partial charge is 0.169 e. The number of hydrogen-bond acceptors (Lipinski definition) is 2. The number of rotatable bonds is 4. The van der Waals surface area contributed by atoms with Crippen molar-refractivity contribution in [2.75, 3.05) is 6.61 Å². The third-order valence-corrected chi connectivity index (χ3v) is 4.78. The van der Waals surface area contributed by atoms with Crippen LogP contribution >= 0.6 is 11.6 Å². The Hall–Kier alpha value is -2.06. The molecule has 1 unspecified atom stereocenters. The molecule has 1 atom stereocenters. The van der Waals surface area contributed by atoms with Crippen LogP contribution in [-0.2, 0) is 17.6 Å². The third-order valence-electron chi connectivity index (χ3n) is 4.54. The van der Waals surface area contributed by atoms with E-state index in [4.69, 9.17) is 16.3 Å². The minimum absolute atomic E-state index is 0.143. The monoisotopic (exact) mass is 340 g/mol. The van der Waals surface area contributed by atoms with Crippen molar-refractivity contribution in [1.82, 2.24) is 0 Å². The maximum absolute atomic E-state index is 13.1. The molecule has 1 heterocycles. The maximum Gasteiger partial charge on any atom is 0.169 e. The summed E-state index contributed by atoms with van der Waals surface area (Å²) >= 11 is 6.08. The van der Waals surface area contributed by atoms with Gasteiger partial charge in [0.2, 0.25) is 0 Å². The second kappa shape index (κ2) is 7.23. The maximum atomic E-state index is 13.1. The van der Waals surface area contributed by atoms with Crippen LogP contribution in [0, 0.1) is 5.92 Å². The number of carbonyl (C=O) groups is 1. The van der Waals surface area contributed by atoms with Crippen molar-refractivity contribution in [3.63, 3.8) is 0 Å². The lowest BCUT2D eigenvalue weighted by Crippen LogP contribution is -2.29. The second-order valence-electron chi connectivity index (χ2n) is 6.04. The largest absolute Gasteiger partial charge is 0.493 e. The van der Waals surface area contributed by atoms with Gasteiger partial charge in [-0.2, -0.15) is 0 Å². The molecule has 0 aromatic heterocycles. The van der Waals surface area contributed by atoms with Gasteiger partial charge in [-0.15, -0.1) is 0 Å². The predicted octanol–water partition coefficient (Wildman–Crippen LogP) is 5.13. The van der Waals surface area contributed by atoms with Gasteiger partial charge in [-0.1, -0.05) is 48.9 Å². The van der Waals surface area contributed by atoms with E-state index in [0.29, 0.717) is 18.1 Å². The number of Topliss-reactive ketones (excluding diaryl/α,β-unsaturated/α-hetero) is 1. The molecule has 0 amide bonds. The Morgan fingerprint density at radius 1 is 1.29 bits per heavy atom. The van der Waals surface area contributed by atoms with E-state index in [-0.39, 0.29) is 11.7 Å². The van der Waals surface area contributed by atoms with Gasteiger partial charge in [-0.05, 0) is 54.7 Å². The number of aryl methyl sites for hydroxylation is 1. The molecule has 3 heteroatoms. The number of hydrogen-bond donors (Lipinski definition) is 0. The van der Waals surface area contributed by atoms with E-state index in [0.717, 1.165) is 28.9 Å². The van der Waals surface area contributed by atoms with Crippen molar-refractivity contribution in [1.29, 1.82) is 0 Å². The van der Waals surface area contributed by atoms with Crippen LogP contribution in [0.15, 0.2) is 48.5 Å². The zero-order chi connectivity index (χ0) is 17.1. The Kier molecular flexibility index (Phi) is 5.06. The number of carbonyl (C=O) groups excluding carboxylic acids is 1. The predicted molar refractivity (Wildman–Crippen MR) is 98.6 cm³/mol. The first-order valence-electron chi connectivity index (χ1n) is 8.34. The minimum atomic E-state index is -0.174. The van der Waals surface area contributed by atoms with Crippen LogP contribution in [0.5, 0.6) is 5.75 Å². The zero-order valence-electron chi connectivity index (χ0n) is 14.0. The lowest BCUT2D eigenvalue weighted by molar-refractivity contribution is -0.118. The summed E-state index contributed by atoms with van der Waals surface area (Å²) in [4.78, 5) is 13.1. The van der Waals surface area contributed by atoms with Crippen LogP contribution in [0.3, 0.4) is 0 Å². The Labute approximate surface area is 148 Å². The first-order chi connectivity index (χ1) is 11.6. The molecule has 0 saturated heterocycles. The van der Waals surface area contributed by atoms with Gasteiger partial charge in [0.1, 0.15) is 5.75 Å². The first kappa shape index (κ1) is 16.8. The van der Waals surface area contributed by atoms with Crippen LogP contribution in [0.25, 0.3) is 5.57 Å². The Bertz CT molecular complexity index is 792. The summed E-state index contributed by atoms with van der Waals surface area (Å²) < 4.78 is 5.79. The first-order valence-corrected chi connectivity index (χ1v) is 8.71. The second-order valence-corrected chi connectivity index (χ2v) is 6.48. The van der Waals surface area contributed by atoms with Gasteiger partial charge in [0.25, 0.3) is 0 Å². The standard InChI is InChI=1S/C21H21ClO2/c1-3-14-7-5-6-8-19(14)18(4-2)21(23)16-11-15-12-17(22)9-10-20(15)24-13-16/h4-10,12,16H,3,11,13H2,1-2H3/b18-4+. The SMILES string of the molecule is C/C=C(/C(=O)C1COc2ccc(Cl)cc2C1)c1ccccc1CC. The van der Waals surface area contributed by atoms with E-state index in [1.54, 1.807) is 0 Å². The Morgan fingerprint density at radius 3 is 2.83 bits per heavy atom. The van der Waals surface area contributed by atoms with E-state index >= 15 is 0 Å². The number of halogens is 1. The normalized spacial score (nSPS) is 17.1. The summed E-state index contributed by atoms with van der Waals surface area (Å²) in [7, 11) is 0. The summed E-state index contributed by atoms with van der Waals surface area (Å²) in [5.41, 5.74) is 4.02. The molecule has 0 N–H and O–H groups in total. The highest BCUT2D eigenvalue weighted by molar-refractivity contribution is 6.30. The molecule has 2 aromatic carbocycles. The number of ketones is 1. The highest BCUT2D eigenvalue weighted by Gasteiger charge is 2.29. The number of allylic oxidation sites excluding steroid dienone is 2. The van der Waals surface area contributed by atoms with Crippen molar-refractivity contribution < 1.29 is 9.53 Å². The molecule has 0 saturated carbocycles. The summed E-state index contributed by atoms with van der Waals surface area (Å²) in [5.74, 6) is 0.801. The van der Waals surface area contributed by atoms with Gasteiger partial charge in [-0.3, -0.25) is 4.79 Å². The van der Waals surface area contributed by atoms with Crippen molar-refractivity contribution >= 4 is 23.0 Å². The highest BCUT2D eigenvalue weighted by atomic mass is 35.5. The summed E-state index contributed by atoms with van der Waals surface area (Å²) in [6.45, 7) is 4.45. The highest BCUT2D eigenvalue weighted by Crippen LogP contribution is 2.33. The molecular weight excluding hydrogens is 320 g/mol. The Balaban J connectivity index is 1.88. The summed E-state index contributed by atoms with van der Waals surface area (Å²) in [5, 5.41) is 0.674. The van der Waals surface area contributed by atoms with Crippen LogP contribution in [0.4, 0.5) is 0 Å². The molecular formula is C21H21ClO2. The molecule has 1 aliphatic rings. The fourth-order valence-corrected chi connectivity index (χ4v) is 3.47. The van der Waals surface area contributed by atoms with E-state index in [1.165, 1.54) is 5.56 Å². The van der Waals surface area contributed by atoms with Gasteiger partial charge in [0.15, 0.2) is 5.78 Å². The molecule has 0 fully saturated rings. The third kappa shape index (κ3) is 3.25. The number of ether oxygens (including phenoxy) is 1. The lowest BCUT2D eigenvalue weighted by atomic mass is 9.85. The average Bonchev–Trinajstić information content (AvgIpc) is 2.62. The fourth-order valence-electron chi connectivity index (χ4n) is 3.27. The molecule has 0 spiro atoms. The topological polar surface area (TPSA) is 26.3 Å². The molecule has 124 valence electrons. The fraction of sp³-hybridized carbons (Fsp3) is 0.286. The number of benzene rings is 2. The Morgan fingerprint density at radius 2 is 2.08 bits per heavy atom. The van der Waals surface area contributed by atoms with Crippen LogP contribution < -0.4 is 4.74 Å². The molecule has 2 aromatic rings. The molecule has 1 aliphatic heterocycles. The van der Waals surface area contributed by atoms with Crippen molar-refractivity contribution in [2.45, 2.75) is 26.7 Å². The molecule has 0 aliphatic carbocycles. The molecule has 0 radical (unpaired) electrons. The molecule has 3 rings (SSSR count). The van der Waals surface area contributed by atoms with E-state index in [9.17, 15) is 4.79 Å². The lowest BCUT2D eigenvalue weighted by Gasteiger charge is -2.25. The van der Waals surface area contributed by atoms with Crippen molar-refractivity contribution in [3.05, 3.63) is 70.3 Å².